The molecule has 0 spiro atoms. The first kappa shape index (κ1) is 20.2. The summed E-state index contributed by atoms with van der Waals surface area (Å²) in [5.74, 6) is -0.563. The number of hydrogen-bond donors (Lipinski definition) is 2. The minimum atomic E-state index is -0.811. The molecule has 0 aliphatic carbocycles. The van der Waals surface area contributed by atoms with Gasteiger partial charge < -0.3 is 25.0 Å². The summed E-state index contributed by atoms with van der Waals surface area (Å²) in [6.07, 6.45) is 1.39. The van der Waals surface area contributed by atoms with Crippen LogP contribution >= 0.6 is 0 Å². The molecule has 8 nitrogen and oxygen atoms in total. The van der Waals surface area contributed by atoms with E-state index in [2.05, 4.69) is 10.6 Å². The lowest BCUT2D eigenvalue weighted by Crippen LogP contribution is -2.29. The summed E-state index contributed by atoms with van der Waals surface area (Å²) in [5, 5.41) is 5.10. The molecule has 0 bridgehead atoms. The van der Waals surface area contributed by atoms with Gasteiger partial charge in [0, 0.05) is 36.1 Å². The molecule has 0 aromatic heterocycles. The monoisotopic (exact) mass is 397 g/mol. The highest BCUT2D eigenvalue weighted by Gasteiger charge is 2.23. The Kier molecular flexibility index (Phi) is 6.01. The van der Waals surface area contributed by atoms with Crippen LogP contribution in [0.25, 0.3) is 0 Å². The van der Waals surface area contributed by atoms with Crippen molar-refractivity contribution in [1.82, 2.24) is 0 Å². The van der Waals surface area contributed by atoms with Crippen LogP contribution < -0.4 is 25.0 Å². The molecule has 1 heterocycles. The maximum Gasteiger partial charge on any atom is 0.314 e. The number of carbonyl (C=O) groups excluding carboxylic acids is 3. The van der Waals surface area contributed by atoms with Gasteiger partial charge in [-0.25, -0.2) is 0 Å². The van der Waals surface area contributed by atoms with E-state index in [4.69, 9.17) is 9.47 Å². The molecule has 1 aliphatic rings. The van der Waals surface area contributed by atoms with Crippen molar-refractivity contribution in [3.8, 4) is 11.5 Å². The number of benzene rings is 2. The van der Waals surface area contributed by atoms with Crippen molar-refractivity contribution in [2.45, 2.75) is 19.8 Å². The number of nitrogens with zero attached hydrogens (tertiary/aromatic N) is 1. The van der Waals surface area contributed by atoms with Gasteiger partial charge in [0.2, 0.25) is 5.91 Å². The molecule has 152 valence electrons. The predicted molar refractivity (Wildman–Crippen MR) is 110 cm³/mol. The quantitative estimate of drug-likeness (QED) is 0.756. The van der Waals surface area contributed by atoms with E-state index in [-0.39, 0.29) is 5.91 Å². The Hall–Kier alpha value is -3.55. The zero-order chi connectivity index (χ0) is 21.0. The highest BCUT2D eigenvalue weighted by molar-refractivity contribution is 6.43. The highest BCUT2D eigenvalue weighted by Crippen LogP contribution is 2.30. The first-order chi connectivity index (χ1) is 13.9. The van der Waals surface area contributed by atoms with Crippen molar-refractivity contribution in [2.24, 2.45) is 0 Å². The van der Waals surface area contributed by atoms with Crippen LogP contribution in [-0.2, 0) is 14.4 Å². The Morgan fingerprint density at radius 2 is 1.55 bits per heavy atom. The number of aryl methyl sites for hydroxylation is 1. The fourth-order valence-electron chi connectivity index (χ4n) is 3.23. The fourth-order valence-corrected chi connectivity index (χ4v) is 3.23. The predicted octanol–water partition coefficient (Wildman–Crippen LogP) is 2.72. The van der Waals surface area contributed by atoms with E-state index < -0.39 is 11.8 Å². The van der Waals surface area contributed by atoms with Gasteiger partial charge in [-0.2, -0.15) is 0 Å². The number of ether oxygens (including phenoxy) is 2. The Labute approximate surface area is 168 Å². The Morgan fingerprint density at radius 1 is 0.931 bits per heavy atom. The first-order valence-corrected chi connectivity index (χ1v) is 9.18. The molecule has 1 aliphatic heterocycles. The molecule has 2 N–H and O–H groups in total. The minimum Gasteiger partial charge on any atom is -0.493 e. The normalized spacial score (nSPS) is 13.2. The average molecular weight is 397 g/mol. The summed E-state index contributed by atoms with van der Waals surface area (Å²) < 4.78 is 10.3. The zero-order valence-electron chi connectivity index (χ0n) is 16.6. The van der Waals surface area contributed by atoms with Gasteiger partial charge in [0.15, 0.2) is 11.5 Å². The molecule has 0 atom stereocenters. The van der Waals surface area contributed by atoms with E-state index in [1.165, 1.54) is 14.2 Å². The van der Waals surface area contributed by atoms with Crippen LogP contribution in [0.15, 0.2) is 36.4 Å². The molecular weight excluding hydrogens is 374 g/mol. The second-order valence-corrected chi connectivity index (χ2v) is 6.63. The Balaban J connectivity index is 1.66. The number of amides is 3. The topological polar surface area (TPSA) is 97.0 Å². The lowest BCUT2D eigenvalue weighted by Gasteiger charge is -2.19. The number of anilines is 3. The van der Waals surface area contributed by atoms with E-state index in [1.54, 1.807) is 41.3 Å². The summed E-state index contributed by atoms with van der Waals surface area (Å²) in [6.45, 7) is 2.55. The summed E-state index contributed by atoms with van der Waals surface area (Å²) in [7, 11) is 2.99. The second-order valence-electron chi connectivity index (χ2n) is 6.63. The molecule has 2 aromatic carbocycles. The van der Waals surface area contributed by atoms with Gasteiger partial charge in [-0.15, -0.1) is 0 Å². The van der Waals surface area contributed by atoms with Crippen molar-refractivity contribution in [3.63, 3.8) is 0 Å². The van der Waals surface area contributed by atoms with Crippen LogP contribution in [0.4, 0.5) is 17.1 Å². The van der Waals surface area contributed by atoms with Crippen LogP contribution in [0, 0.1) is 6.92 Å². The molecule has 3 rings (SSSR count). The van der Waals surface area contributed by atoms with Crippen LogP contribution in [-0.4, -0.2) is 38.5 Å². The Bertz CT molecular complexity index is 957. The maximum absolute atomic E-state index is 12.3. The van der Waals surface area contributed by atoms with Gasteiger partial charge in [-0.1, -0.05) is 0 Å². The number of hydrogen-bond acceptors (Lipinski definition) is 5. The van der Waals surface area contributed by atoms with Crippen LogP contribution in [0.3, 0.4) is 0 Å². The van der Waals surface area contributed by atoms with Gasteiger partial charge in [-0.3, -0.25) is 14.4 Å². The number of nitrogens with one attached hydrogen (secondary N) is 2. The number of carbonyl (C=O) groups is 3. The second kappa shape index (κ2) is 8.64. The van der Waals surface area contributed by atoms with E-state index in [9.17, 15) is 14.4 Å². The molecule has 29 heavy (non-hydrogen) atoms. The summed E-state index contributed by atoms with van der Waals surface area (Å²) >= 11 is 0. The van der Waals surface area contributed by atoms with Crippen LogP contribution in [0.1, 0.15) is 18.4 Å². The van der Waals surface area contributed by atoms with E-state index in [0.717, 1.165) is 17.7 Å². The van der Waals surface area contributed by atoms with E-state index in [1.807, 2.05) is 6.92 Å². The van der Waals surface area contributed by atoms with Gasteiger partial charge in [0.05, 0.1) is 14.2 Å². The third-order valence-electron chi connectivity index (χ3n) is 4.67. The molecular formula is C21H23N3O5. The summed E-state index contributed by atoms with van der Waals surface area (Å²) in [6, 6.07) is 10.0. The molecule has 2 aromatic rings. The molecule has 8 heteroatoms. The average Bonchev–Trinajstić information content (AvgIpc) is 3.13. The minimum absolute atomic E-state index is 0.0965. The summed E-state index contributed by atoms with van der Waals surface area (Å²) in [5.41, 5.74) is 2.55. The van der Waals surface area contributed by atoms with Gasteiger partial charge in [-0.05, 0) is 49.2 Å². The first-order valence-electron chi connectivity index (χ1n) is 9.18. The zero-order valence-corrected chi connectivity index (χ0v) is 16.6. The van der Waals surface area contributed by atoms with Crippen molar-refractivity contribution in [3.05, 3.63) is 42.0 Å². The largest absolute Gasteiger partial charge is 0.493 e. The van der Waals surface area contributed by atoms with Crippen molar-refractivity contribution in [1.29, 1.82) is 0 Å². The molecule has 1 saturated heterocycles. The molecule has 0 unspecified atom stereocenters. The van der Waals surface area contributed by atoms with Crippen molar-refractivity contribution >= 4 is 34.8 Å². The number of rotatable bonds is 5. The standard InChI is InChI=1S/C21H23N3O5/c1-13-11-14(6-8-16(13)24-10-4-5-19(24)25)22-20(26)21(27)23-15-7-9-17(28-2)18(12-15)29-3/h6-9,11-12H,4-5,10H2,1-3H3,(H,22,26)(H,23,27). The molecule has 3 amide bonds. The molecule has 1 fully saturated rings. The van der Waals surface area contributed by atoms with Crippen molar-refractivity contribution < 1.29 is 23.9 Å². The van der Waals surface area contributed by atoms with Crippen LogP contribution in [0.2, 0.25) is 0 Å². The van der Waals surface area contributed by atoms with Crippen molar-refractivity contribution in [2.75, 3.05) is 36.3 Å². The summed E-state index contributed by atoms with van der Waals surface area (Å²) in [4.78, 5) is 38.1. The molecule has 0 saturated carbocycles. The smallest absolute Gasteiger partial charge is 0.314 e. The highest BCUT2D eigenvalue weighted by atomic mass is 16.5. The lowest BCUT2D eigenvalue weighted by atomic mass is 10.1. The van der Waals surface area contributed by atoms with Gasteiger partial charge in [0.1, 0.15) is 0 Å². The molecule has 0 radical (unpaired) electrons. The van der Waals surface area contributed by atoms with Gasteiger partial charge >= 0.3 is 11.8 Å². The van der Waals surface area contributed by atoms with E-state index in [0.29, 0.717) is 35.8 Å². The number of methoxy groups -OCH3 is 2. The van der Waals surface area contributed by atoms with Crippen LogP contribution in [0.5, 0.6) is 11.5 Å². The maximum atomic E-state index is 12.3. The fraction of sp³-hybridized carbons (Fsp3) is 0.286. The Morgan fingerprint density at radius 3 is 2.10 bits per heavy atom. The third kappa shape index (κ3) is 4.48. The lowest BCUT2D eigenvalue weighted by molar-refractivity contribution is -0.132. The third-order valence-corrected chi connectivity index (χ3v) is 4.67. The van der Waals surface area contributed by atoms with Gasteiger partial charge in [0.25, 0.3) is 0 Å². The SMILES string of the molecule is COc1ccc(NC(=O)C(=O)Nc2ccc(N3CCCC3=O)c(C)c2)cc1OC. The van der Waals surface area contributed by atoms with E-state index >= 15 is 0 Å².